The highest BCUT2D eigenvalue weighted by molar-refractivity contribution is 6.22. The van der Waals surface area contributed by atoms with Crippen molar-refractivity contribution >= 4 is 23.2 Å². The molecular weight excluding hydrogens is 275 g/mol. The van der Waals surface area contributed by atoms with Gasteiger partial charge in [-0.15, -0.1) is 23.2 Å². The molecule has 0 unspecified atom stereocenters. The minimum absolute atomic E-state index is 0.199. The Morgan fingerprint density at radius 3 is 2.00 bits per heavy atom. The fraction of sp³-hybridized carbons (Fsp3) is 0.294. The Labute approximate surface area is 125 Å². The fourth-order valence-electron chi connectivity index (χ4n) is 2.52. The minimum atomic E-state index is -0.199. The standard InChI is InChI=1S/C17H18Cl2/c1-14-7-5-6-10-16(14)17(12-18,13-19)11-15-8-3-2-4-9-15/h2-10H,11-13H2,1H3. The molecule has 0 aliphatic carbocycles. The summed E-state index contributed by atoms with van der Waals surface area (Å²) in [5, 5.41) is 0. The van der Waals surface area contributed by atoms with E-state index in [1.165, 1.54) is 16.7 Å². The van der Waals surface area contributed by atoms with Crippen molar-refractivity contribution in [2.45, 2.75) is 18.8 Å². The number of aryl methyl sites for hydroxylation is 1. The van der Waals surface area contributed by atoms with Gasteiger partial charge in [-0.3, -0.25) is 0 Å². The molecule has 2 aromatic carbocycles. The largest absolute Gasteiger partial charge is 0.126 e. The topological polar surface area (TPSA) is 0 Å². The van der Waals surface area contributed by atoms with Crippen LogP contribution in [0.3, 0.4) is 0 Å². The molecule has 0 aromatic heterocycles. The summed E-state index contributed by atoms with van der Waals surface area (Å²) in [6.45, 7) is 2.12. The van der Waals surface area contributed by atoms with Gasteiger partial charge >= 0.3 is 0 Å². The molecule has 2 aromatic rings. The van der Waals surface area contributed by atoms with Crippen molar-refractivity contribution in [2.24, 2.45) is 0 Å². The lowest BCUT2D eigenvalue weighted by molar-refractivity contribution is 0.533. The second-order valence-electron chi connectivity index (χ2n) is 5.02. The van der Waals surface area contributed by atoms with E-state index in [9.17, 15) is 0 Å². The average Bonchev–Trinajstić information content (AvgIpc) is 2.47. The summed E-state index contributed by atoms with van der Waals surface area (Å²) in [4.78, 5) is 0. The minimum Gasteiger partial charge on any atom is -0.126 e. The summed E-state index contributed by atoms with van der Waals surface area (Å²) >= 11 is 12.6. The Morgan fingerprint density at radius 1 is 0.842 bits per heavy atom. The van der Waals surface area contributed by atoms with Gasteiger partial charge in [-0.25, -0.2) is 0 Å². The molecule has 0 saturated heterocycles. The molecule has 0 nitrogen and oxygen atoms in total. The van der Waals surface area contributed by atoms with Crippen molar-refractivity contribution in [1.29, 1.82) is 0 Å². The van der Waals surface area contributed by atoms with Crippen LogP contribution in [0.1, 0.15) is 16.7 Å². The van der Waals surface area contributed by atoms with Crippen LogP contribution >= 0.6 is 23.2 Å². The first-order chi connectivity index (χ1) is 9.22. The molecule has 0 aliphatic rings. The highest BCUT2D eigenvalue weighted by atomic mass is 35.5. The van der Waals surface area contributed by atoms with E-state index >= 15 is 0 Å². The highest BCUT2D eigenvalue weighted by Crippen LogP contribution is 2.33. The van der Waals surface area contributed by atoms with E-state index in [1.807, 2.05) is 6.07 Å². The van der Waals surface area contributed by atoms with E-state index in [-0.39, 0.29) is 5.41 Å². The summed E-state index contributed by atoms with van der Waals surface area (Å²) in [7, 11) is 0. The first-order valence-electron chi connectivity index (χ1n) is 6.44. The maximum absolute atomic E-state index is 6.30. The molecule has 100 valence electrons. The summed E-state index contributed by atoms with van der Waals surface area (Å²) in [5.74, 6) is 1.05. The van der Waals surface area contributed by atoms with E-state index in [0.29, 0.717) is 11.8 Å². The van der Waals surface area contributed by atoms with Crippen molar-refractivity contribution in [3.05, 3.63) is 71.3 Å². The monoisotopic (exact) mass is 292 g/mol. The van der Waals surface area contributed by atoms with Crippen LogP contribution in [0.4, 0.5) is 0 Å². The highest BCUT2D eigenvalue weighted by Gasteiger charge is 2.32. The van der Waals surface area contributed by atoms with Crippen molar-refractivity contribution in [3.63, 3.8) is 0 Å². The Kier molecular flexibility index (Phi) is 4.90. The Hall–Kier alpha value is -0.980. The lowest BCUT2D eigenvalue weighted by Crippen LogP contribution is -2.34. The molecule has 2 rings (SSSR count). The molecule has 0 atom stereocenters. The summed E-state index contributed by atoms with van der Waals surface area (Å²) < 4.78 is 0. The summed E-state index contributed by atoms with van der Waals surface area (Å²) in [6, 6.07) is 18.8. The van der Waals surface area contributed by atoms with Gasteiger partial charge in [-0.05, 0) is 30.0 Å². The zero-order valence-electron chi connectivity index (χ0n) is 11.1. The molecule has 0 radical (unpaired) electrons. The second kappa shape index (κ2) is 6.45. The van der Waals surface area contributed by atoms with Crippen LogP contribution in [-0.2, 0) is 11.8 Å². The predicted molar refractivity (Wildman–Crippen MR) is 84.4 cm³/mol. The normalized spacial score (nSPS) is 11.5. The molecule has 2 heteroatoms. The lowest BCUT2D eigenvalue weighted by Gasteiger charge is -2.32. The van der Waals surface area contributed by atoms with Crippen molar-refractivity contribution < 1.29 is 0 Å². The van der Waals surface area contributed by atoms with Gasteiger partial charge in [0.15, 0.2) is 0 Å². The number of alkyl halides is 2. The lowest BCUT2D eigenvalue weighted by atomic mass is 9.77. The molecule has 0 N–H and O–H groups in total. The third-order valence-corrected chi connectivity index (χ3v) is 4.64. The van der Waals surface area contributed by atoms with Gasteiger partial charge in [-0.2, -0.15) is 0 Å². The Bertz CT molecular complexity index is 516. The van der Waals surface area contributed by atoms with Crippen molar-refractivity contribution in [3.8, 4) is 0 Å². The Morgan fingerprint density at radius 2 is 1.42 bits per heavy atom. The van der Waals surface area contributed by atoms with E-state index < -0.39 is 0 Å². The predicted octanol–water partition coefficient (Wildman–Crippen LogP) is 4.95. The zero-order chi connectivity index (χ0) is 13.7. The molecule has 0 amide bonds. The number of hydrogen-bond acceptors (Lipinski definition) is 0. The number of rotatable bonds is 5. The van der Waals surface area contributed by atoms with E-state index in [1.54, 1.807) is 0 Å². The van der Waals surface area contributed by atoms with E-state index in [4.69, 9.17) is 23.2 Å². The molecule has 0 bridgehead atoms. The van der Waals surface area contributed by atoms with Gasteiger partial charge in [0.25, 0.3) is 0 Å². The smallest absolute Gasteiger partial charge is 0.0335 e. The fourth-order valence-corrected chi connectivity index (χ4v) is 3.29. The van der Waals surface area contributed by atoms with Crippen LogP contribution in [0.15, 0.2) is 54.6 Å². The molecule has 0 heterocycles. The molecule has 0 fully saturated rings. The molecule has 0 spiro atoms. The maximum atomic E-state index is 6.30. The van der Waals surface area contributed by atoms with Crippen LogP contribution in [0, 0.1) is 6.92 Å². The van der Waals surface area contributed by atoms with Crippen molar-refractivity contribution in [2.75, 3.05) is 11.8 Å². The van der Waals surface area contributed by atoms with Gasteiger partial charge in [-0.1, -0.05) is 54.6 Å². The number of hydrogen-bond donors (Lipinski definition) is 0. The Balaban J connectivity index is 2.41. The molecule has 19 heavy (non-hydrogen) atoms. The van der Waals surface area contributed by atoms with Crippen LogP contribution in [0.2, 0.25) is 0 Å². The zero-order valence-corrected chi connectivity index (χ0v) is 12.6. The first-order valence-corrected chi connectivity index (χ1v) is 7.51. The maximum Gasteiger partial charge on any atom is 0.0335 e. The molecular formula is C17H18Cl2. The first kappa shape index (κ1) is 14.4. The van der Waals surface area contributed by atoms with Crippen molar-refractivity contribution in [1.82, 2.24) is 0 Å². The summed E-state index contributed by atoms with van der Waals surface area (Å²) in [6.07, 6.45) is 0.867. The van der Waals surface area contributed by atoms with Crippen LogP contribution in [-0.4, -0.2) is 11.8 Å². The summed E-state index contributed by atoms with van der Waals surface area (Å²) in [5.41, 5.74) is 3.58. The second-order valence-corrected chi connectivity index (χ2v) is 5.56. The van der Waals surface area contributed by atoms with Crippen LogP contribution in [0.25, 0.3) is 0 Å². The SMILES string of the molecule is Cc1ccccc1C(CCl)(CCl)Cc1ccccc1. The quantitative estimate of drug-likeness (QED) is 0.684. The van der Waals surface area contributed by atoms with Gasteiger partial charge in [0, 0.05) is 17.2 Å². The molecule has 0 aliphatic heterocycles. The van der Waals surface area contributed by atoms with Gasteiger partial charge in [0.1, 0.15) is 0 Å². The third kappa shape index (κ3) is 3.13. The third-order valence-electron chi connectivity index (χ3n) is 3.61. The number of benzene rings is 2. The average molecular weight is 293 g/mol. The van der Waals surface area contributed by atoms with E-state index in [2.05, 4.69) is 55.5 Å². The van der Waals surface area contributed by atoms with Crippen LogP contribution < -0.4 is 0 Å². The van der Waals surface area contributed by atoms with Gasteiger partial charge < -0.3 is 0 Å². The number of halogens is 2. The molecule has 0 saturated carbocycles. The van der Waals surface area contributed by atoms with Gasteiger partial charge in [0.05, 0.1) is 0 Å². The van der Waals surface area contributed by atoms with Crippen LogP contribution in [0.5, 0.6) is 0 Å². The van der Waals surface area contributed by atoms with E-state index in [0.717, 1.165) is 6.42 Å². The van der Waals surface area contributed by atoms with Gasteiger partial charge in [0.2, 0.25) is 0 Å².